The molecule has 0 aliphatic carbocycles. The Bertz CT molecular complexity index is 372. The number of halogens is 2. The van der Waals surface area contributed by atoms with Crippen LogP contribution in [0.1, 0.15) is 25.0 Å². The third-order valence-corrected chi connectivity index (χ3v) is 3.66. The van der Waals surface area contributed by atoms with Crippen LogP contribution in [-0.2, 0) is 11.8 Å². The predicted octanol–water partition coefficient (Wildman–Crippen LogP) is 4.06. The number of alkyl halides is 1. The molecule has 0 saturated carbocycles. The molecule has 1 nitrogen and oxygen atoms in total. The first kappa shape index (κ1) is 10.5. The van der Waals surface area contributed by atoms with E-state index >= 15 is 0 Å². The molecule has 0 amide bonds. The maximum Gasteiger partial charge on any atom is 0.137 e. The van der Waals surface area contributed by atoms with Gasteiger partial charge in [0.15, 0.2) is 0 Å². The van der Waals surface area contributed by atoms with Gasteiger partial charge in [-0.3, -0.25) is 0 Å². The van der Waals surface area contributed by atoms with Crippen LogP contribution in [0.2, 0.25) is 0 Å². The Morgan fingerprint density at radius 1 is 1.43 bits per heavy atom. The average Bonchev–Trinajstić information content (AvgIpc) is 2.42. The first-order valence-corrected chi connectivity index (χ1v) is 6.50. The molecule has 0 N–H and O–H groups in total. The van der Waals surface area contributed by atoms with Crippen LogP contribution in [0.4, 0.5) is 0 Å². The molecule has 1 aromatic carbocycles. The fourth-order valence-electron chi connectivity index (χ4n) is 1.81. The number of fused-ring (bicyclic) bond motifs is 1. The van der Waals surface area contributed by atoms with E-state index in [9.17, 15) is 0 Å². The molecule has 0 unspecified atom stereocenters. The Morgan fingerprint density at radius 3 is 2.79 bits per heavy atom. The molecule has 0 atom stereocenters. The van der Waals surface area contributed by atoms with E-state index < -0.39 is 0 Å². The molecule has 76 valence electrons. The van der Waals surface area contributed by atoms with Crippen LogP contribution < -0.4 is 4.74 Å². The highest BCUT2D eigenvalue weighted by molar-refractivity contribution is 9.10. The molecule has 1 aliphatic rings. The zero-order valence-electron chi connectivity index (χ0n) is 8.23. The van der Waals surface area contributed by atoms with Crippen molar-refractivity contribution in [2.75, 3.05) is 0 Å². The highest BCUT2D eigenvalue weighted by Crippen LogP contribution is 2.42. The Balaban J connectivity index is 2.53. The summed E-state index contributed by atoms with van der Waals surface area (Å²) in [5.41, 5.74) is 2.60. The number of benzene rings is 1. The van der Waals surface area contributed by atoms with Crippen molar-refractivity contribution < 1.29 is 4.74 Å². The van der Waals surface area contributed by atoms with Crippen molar-refractivity contribution in [2.24, 2.45) is 0 Å². The summed E-state index contributed by atoms with van der Waals surface area (Å²) in [4.78, 5) is 0. The van der Waals surface area contributed by atoms with Crippen LogP contribution in [0.5, 0.6) is 5.75 Å². The lowest BCUT2D eigenvalue weighted by Crippen LogP contribution is -2.24. The Labute approximate surface area is 101 Å². The van der Waals surface area contributed by atoms with E-state index in [1.165, 1.54) is 11.1 Å². The van der Waals surface area contributed by atoms with Crippen molar-refractivity contribution >= 4 is 31.9 Å². The number of ether oxygens (including phenoxy) is 1. The lowest BCUT2D eigenvalue weighted by Gasteiger charge is -2.17. The number of rotatable bonds is 1. The minimum absolute atomic E-state index is 0.0663. The van der Waals surface area contributed by atoms with Gasteiger partial charge in [0.05, 0.1) is 4.47 Å². The van der Waals surface area contributed by atoms with E-state index in [1.54, 1.807) is 0 Å². The van der Waals surface area contributed by atoms with Gasteiger partial charge in [0.1, 0.15) is 11.4 Å². The second-order valence-electron chi connectivity index (χ2n) is 4.19. The fraction of sp³-hybridized carbons (Fsp3) is 0.455. The van der Waals surface area contributed by atoms with Crippen LogP contribution in [0.3, 0.4) is 0 Å². The molecular formula is C11H12Br2O. The van der Waals surface area contributed by atoms with Gasteiger partial charge in [-0.1, -0.05) is 22.0 Å². The third kappa shape index (κ3) is 1.72. The molecule has 3 heteroatoms. The molecule has 0 fully saturated rings. The van der Waals surface area contributed by atoms with Gasteiger partial charge >= 0.3 is 0 Å². The smallest absolute Gasteiger partial charge is 0.137 e. The standard InChI is InChI=1S/C11H12Br2O/c1-11(2)5-8-7(6-12)3-4-9(13)10(8)14-11/h3-4H,5-6H2,1-2H3. The normalized spacial score (nSPS) is 17.7. The summed E-state index contributed by atoms with van der Waals surface area (Å²) in [7, 11) is 0. The minimum Gasteiger partial charge on any atom is -0.486 e. The van der Waals surface area contributed by atoms with Crippen LogP contribution in [-0.4, -0.2) is 5.60 Å². The monoisotopic (exact) mass is 318 g/mol. The zero-order valence-corrected chi connectivity index (χ0v) is 11.4. The second-order valence-corrected chi connectivity index (χ2v) is 5.60. The quantitative estimate of drug-likeness (QED) is 0.709. The van der Waals surface area contributed by atoms with Crippen LogP contribution >= 0.6 is 31.9 Å². The lowest BCUT2D eigenvalue weighted by molar-refractivity contribution is 0.137. The van der Waals surface area contributed by atoms with Gasteiger partial charge in [-0.05, 0) is 41.4 Å². The summed E-state index contributed by atoms with van der Waals surface area (Å²) < 4.78 is 6.96. The molecule has 2 rings (SSSR count). The first-order chi connectivity index (χ1) is 6.53. The Hall–Kier alpha value is -0.0200. The van der Waals surface area contributed by atoms with Crippen molar-refractivity contribution in [3.63, 3.8) is 0 Å². The second kappa shape index (κ2) is 3.53. The fourth-order valence-corrected chi connectivity index (χ4v) is 2.79. The van der Waals surface area contributed by atoms with Gasteiger partial charge in [0.2, 0.25) is 0 Å². The van der Waals surface area contributed by atoms with Crippen LogP contribution in [0.15, 0.2) is 16.6 Å². The molecule has 1 heterocycles. The molecule has 14 heavy (non-hydrogen) atoms. The van der Waals surface area contributed by atoms with E-state index in [0.29, 0.717) is 0 Å². The van der Waals surface area contributed by atoms with Crippen LogP contribution in [0.25, 0.3) is 0 Å². The summed E-state index contributed by atoms with van der Waals surface area (Å²) in [5, 5.41) is 0.891. The summed E-state index contributed by atoms with van der Waals surface area (Å²) in [6.07, 6.45) is 0.989. The van der Waals surface area contributed by atoms with Crippen molar-refractivity contribution in [1.29, 1.82) is 0 Å². The van der Waals surface area contributed by atoms with Crippen molar-refractivity contribution in [3.05, 3.63) is 27.7 Å². The predicted molar refractivity (Wildman–Crippen MR) is 65.2 cm³/mol. The van der Waals surface area contributed by atoms with Crippen molar-refractivity contribution in [2.45, 2.75) is 31.2 Å². The molecule has 1 aromatic rings. The van der Waals surface area contributed by atoms with Gasteiger partial charge < -0.3 is 4.74 Å². The molecule has 0 aromatic heterocycles. The summed E-state index contributed by atoms with van der Waals surface area (Å²) >= 11 is 7.02. The van der Waals surface area contributed by atoms with Gasteiger partial charge in [0.25, 0.3) is 0 Å². The highest BCUT2D eigenvalue weighted by atomic mass is 79.9. The van der Waals surface area contributed by atoms with Gasteiger partial charge in [-0.2, -0.15) is 0 Å². The Morgan fingerprint density at radius 2 is 2.14 bits per heavy atom. The summed E-state index contributed by atoms with van der Waals surface area (Å²) in [5.74, 6) is 1.02. The first-order valence-electron chi connectivity index (χ1n) is 4.59. The minimum atomic E-state index is -0.0663. The maximum atomic E-state index is 5.90. The van der Waals surface area contributed by atoms with Gasteiger partial charge in [-0.25, -0.2) is 0 Å². The molecule has 0 saturated heterocycles. The molecule has 0 spiro atoms. The van der Waals surface area contributed by atoms with Gasteiger partial charge in [0, 0.05) is 17.3 Å². The lowest BCUT2D eigenvalue weighted by atomic mass is 9.98. The van der Waals surface area contributed by atoms with E-state index in [4.69, 9.17) is 4.74 Å². The third-order valence-electron chi connectivity index (χ3n) is 2.43. The highest BCUT2D eigenvalue weighted by Gasteiger charge is 2.32. The Kier molecular flexibility index (Phi) is 2.64. The SMILES string of the molecule is CC1(C)Cc2c(CBr)ccc(Br)c2O1. The zero-order chi connectivity index (χ0) is 10.3. The van der Waals surface area contributed by atoms with E-state index in [1.807, 2.05) is 0 Å². The van der Waals surface area contributed by atoms with E-state index in [0.717, 1.165) is 22.0 Å². The van der Waals surface area contributed by atoms with Crippen molar-refractivity contribution in [3.8, 4) is 5.75 Å². The van der Waals surface area contributed by atoms with E-state index in [2.05, 4.69) is 57.8 Å². The summed E-state index contributed by atoms with van der Waals surface area (Å²) in [6.45, 7) is 4.24. The maximum absolute atomic E-state index is 5.90. The van der Waals surface area contributed by atoms with Crippen LogP contribution in [0, 0.1) is 0 Å². The number of hydrogen-bond acceptors (Lipinski definition) is 1. The van der Waals surface area contributed by atoms with E-state index in [-0.39, 0.29) is 5.60 Å². The molecule has 0 bridgehead atoms. The molecular weight excluding hydrogens is 308 g/mol. The average molecular weight is 320 g/mol. The number of hydrogen-bond donors (Lipinski definition) is 0. The largest absolute Gasteiger partial charge is 0.486 e. The summed E-state index contributed by atoms with van der Waals surface area (Å²) in [6, 6.07) is 4.19. The topological polar surface area (TPSA) is 9.23 Å². The van der Waals surface area contributed by atoms with Crippen molar-refractivity contribution in [1.82, 2.24) is 0 Å². The van der Waals surface area contributed by atoms with Gasteiger partial charge in [-0.15, -0.1) is 0 Å². The molecule has 1 aliphatic heterocycles. The molecule has 0 radical (unpaired) electrons.